The molecular weight excluding hydrogens is 301 g/mol. The Morgan fingerprint density at radius 2 is 1.62 bits per heavy atom. The van der Waals surface area contributed by atoms with Crippen LogP contribution in [0.2, 0.25) is 0 Å². The second-order valence-corrected chi connectivity index (χ2v) is 5.84. The normalized spacial score (nSPS) is 11.2. The van der Waals surface area contributed by atoms with E-state index in [9.17, 15) is 4.39 Å². The van der Waals surface area contributed by atoms with Gasteiger partial charge in [-0.2, -0.15) is 0 Å². The van der Waals surface area contributed by atoms with Crippen LogP contribution in [0.4, 0.5) is 4.39 Å². The van der Waals surface area contributed by atoms with Crippen molar-refractivity contribution in [2.75, 3.05) is 0 Å². The maximum absolute atomic E-state index is 14.1. The maximum Gasteiger partial charge on any atom is 0.128 e. The smallest absolute Gasteiger partial charge is 0.128 e. The zero-order valence-corrected chi connectivity index (χ0v) is 13.0. The minimum atomic E-state index is -0.205. The largest absolute Gasteiger partial charge is 0.384 e. The second kappa shape index (κ2) is 5.49. The third-order valence-electron chi connectivity index (χ3n) is 4.37. The Bertz CT molecular complexity index is 1080. The molecule has 0 fully saturated rings. The molecule has 4 rings (SSSR count). The summed E-state index contributed by atoms with van der Waals surface area (Å²) < 4.78 is 16.2. The molecule has 0 bridgehead atoms. The van der Waals surface area contributed by atoms with E-state index in [0.29, 0.717) is 17.7 Å². The van der Waals surface area contributed by atoms with Crippen molar-refractivity contribution < 1.29 is 4.39 Å². The van der Waals surface area contributed by atoms with E-state index in [4.69, 9.17) is 11.1 Å². The second-order valence-electron chi connectivity index (χ2n) is 5.84. The highest BCUT2D eigenvalue weighted by atomic mass is 19.1. The third-order valence-corrected chi connectivity index (χ3v) is 4.37. The number of fused-ring (bicyclic) bond motifs is 3. The van der Waals surface area contributed by atoms with Gasteiger partial charge in [0.2, 0.25) is 0 Å². The number of rotatable bonds is 3. The molecule has 0 aliphatic heterocycles. The van der Waals surface area contributed by atoms with Gasteiger partial charge in [-0.25, -0.2) is 4.39 Å². The van der Waals surface area contributed by atoms with Crippen LogP contribution in [0.15, 0.2) is 66.7 Å². The zero-order valence-electron chi connectivity index (χ0n) is 13.0. The summed E-state index contributed by atoms with van der Waals surface area (Å²) in [5.74, 6) is -0.161. The van der Waals surface area contributed by atoms with Gasteiger partial charge in [-0.1, -0.05) is 36.4 Å². The fraction of sp³-hybridized carbons (Fsp3) is 0.0500. The van der Waals surface area contributed by atoms with E-state index in [1.165, 1.54) is 6.07 Å². The minimum Gasteiger partial charge on any atom is -0.384 e. The van der Waals surface area contributed by atoms with Crippen molar-refractivity contribution in [2.45, 2.75) is 6.54 Å². The van der Waals surface area contributed by atoms with Crippen LogP contribution in [0, 0.1) is 11.2 Å². The van der Waals surface area contributed by atoms with Gasteiger partial charge in [0.25, 0.3) is 0 Å². The molecule has 0 saturated carbocycles. The molecule has 3 N–H and O–H groups in total. The zero-order chi connectivity index (χ0) is 16.7. The predicted molar refractivity (Wildman–Crippen MR) is 96.0 cm³/mol. The van der Waals surface area contributed by atoms with Gasteiger partial charge in [-0.05, 0) is 30.3 Å². The highest BCUT2D eigenvalue weighted by Gasteiger charge is 2.13. The summed E-state index contributed by atoms with van der Waals surface area (Å²) in [5, 5.41) is 9.75. The van der Waals surface area contributed by atoms with Crippen LogP contribution < -0.4 is 5.73 Å². The lowest BCUT2D eigenvalue weighted by Gasteiger charge is -2.09. The highest BCUT2D eigenvalue weighted by molar-refractivity contribution is 6.10. The number of hydrogen-bond acceptors (Lipinski definition) is 1. The SMILES string of the molecule is N=C(N)c1ccc2c(c1)c1ccccc1n2Cc1ccccc1F. The average molecular weight is 317 g/mol. The molecule has 0 aliphatic rings. The summed E-state index contributed by atoms with van der Waals surface area (Å²) >= 11 is 0. The summed E-state index contributed by atoms with van der Waals surface area (Å²) in [6, 6.07) is 20.6. The average Bonchev–Trinajstić information content (AvgIpc) is 2.90. The number of benzene rings is 3. The molecule has 0 spiro atoms. The van der Waals surface area contributed by atoms with Crippen LogP contribution in [0.3, 0.4) is 0 Å². The first-order valence-electron chi connectivity index (χ1n) is 7.74. The molecule has 3 nitrogen and oxygen atoms in total. The number of nitrogens with two attached hydrogens (primary N) is 1. The predicted octanol–water partition coefficient (Wildman–Crippen LogP) is 4.27. The maximum atomic E-state index is 14.1. The lowest BCUT2D eigenvalue weighted by atomic mass is 10.1. The number of amidine groups is 1. The number of nitrogens with zero attached hydrogens (tertiary/aromatic N) is 1. The Labute approximate surface area is 138 Å². The first-order valence-corrected chi connectivity index (χ1v) is 7.74. The van der Waals surface area contributed by atoms with Crippen molar-refractivity contribution in [3.63, 3.8) is 0 Å². The van der Waals surface area contributed by atoms with Gasteiger partial charge in [-0.15, -0.1) is 0 Å². The number of nitrogens with one attached hydrogen (secondary N) is 1. The van der Waals surface area contributed by atoms with Crippen molar-refractivity contribution in [1.29, 1.82) is 5.41 Å². The molecule has 4 heteroatoms. The van der Waals surface area contributed by atoms with E-state index in [0.717, 1.165) is 21.8 Å². The number of para-hydroxylation sites is 1. The Hall–Kier alpha value is -3.14. The van der Waals surface area contributed by atoms with Crippen molar-refractivity contribution in [3.8, 4) is 0 Å². The molecule has 118 valence electrons. The van der Waals surface area contributed by atoms with Gasteiger partial charge >= 0.3 is 0 Å². The fourth-order valence-electron chi connectivity index (χ4n) is 3.19. The summed E-state index contributed by atoms with van der Waals surface area (Å²) in [7, 11) is 0. The number of aromatic nitrogens is 1. The van der Waals surface area contributed by atoms with Crippen LogP contribution >= 0.6 is 0 Å². The molecule has 0 saturated heterocycles. The number of nitrogen functional groups attached to an aromatic ring is 1. The third kappa shape index (κ3) is 2.24. The van der Waals surface area contributed by atoms with Crippen LogP contribution in [-0.4, -0.2) is 10.4 Å². The Morgan fingerprint density at radius 1 is 0.917 bits per heavy atom. The van der Waals surface area contributed by atoms with E-state index >= 15 is 0 Å². The quantitative estimate of drug-likeness (QED) is 0.430. The molecule has 0 atom stereocenters. The van der Waals surface area contributed by atoms with E-state index in [1.807, 2.05) is 48.5 Å². The van der Waals surface area contributed by atoms with Gasteiger partial charge in [0, 0.05) is 32.9 Å². The molecule has 0 radical (unpaired) electrons. The van der Waals surface area contributed by atoms with Crippen LogP contribution in [0.25, 0.3) is 21.8 Å². The molecule has 0 aliphatic carbocycles. The van der Waals surface area contributed by atoms with E-state index in [2.05, 4.69) is 4.57 Å². The van der Waals surface area contributed by atoms with E-state index in [-0.39, 0.29) is 11.7 Å². The minimum absolute atomic E-state index is 0.0443. The first kappa shape index (κ1) is 14.5. The lowest BCUT2D eigenvalue weighted by Crippen LogP contribution is -2.10. The Balaban J connectivity index is 1.99. The molecule has 0 amide bonds. The van der Waals surface area contributed by atoms with Gasteiger partial charge < -0.3 is 10.3 Å². The van der Waals surface area contributed by atoms with E-state index in [1.54, 1.807) is 12.1 Å². The molecule has 3 aromatic carbocycles. The number of hydrogen-bond donors (Lipinski definition) is 2. The van der Waals surface area contributed by atoms with Crippen molar-refractivity contribution in [2.24, 2.45) is 5.73 Å². The van der Waals surface area contributed by atoms with Crippen LogP contribution in [-0.2, 0) is 6.54 Å². The highest BCUT2D eigenvalue weighted by Crippen LogP contribution is 2.30. The monoisotopic (exact) mass is 317 g/mol. The molecule has 1 heterocycles. The summed E-state index contributed by atoms with van der Waals surface area (Å²) in [6.07, 6.45) is 0. The van der Waals surface area contributed by atoms with Gasteiger partial charge in [-0.3, -0.25) is 5.41 Å². The van der Waals surface area contributed by atoms with Gasteiger partial charge in [0.1, 0.15) is 11.7 Å². The molecule has 1 aromatic heterocycles. The van der Waals surface area contributed by atoms with Crippen molar-refractivity contribution >= 4 is 27.6 Å². The lowest BCUT2D eigenvalue weighted by molar-refractivity contribution is 0.604. The van der Waals surface area contributed by atoms with Gasteiger partial charge in [0.15, 0.2) is 0 Å². The fourth-order valence-corrected chi connectivity index (χ4v) is 3.19. The topological polar surface area (TPSA) is 54.8 Å². The first-order chi connectivity index (χ1) is 11.6. The van der Waals surface area contributed by atoms with Crippen LogP contribution in [0.1, 0.15) is 11.1 Å². The molecule has 24 heavy (non-hydrogen) atoms. The molecule has 0 unspecified atom stereocenters. The Morgan fingerprint density at radius 3 is 2.42 bits per heavy atom. The van der Waals surface area contributed by atoms with Gasteiger partial charge in [0.05, 0.1) is 6.54 Å². The Kier molecular flexibility index (Phi) is 3.31. The van der Waals surface area contributed by atoms with Crippen LogP contribution in [0.5, 0.6) is 0 Å². The van der Waals surface area contributed by atoms with Crippen molar-refractivity contribution in [1.82, 2.24) is 4.57 Å². The van der Waals surface area contributed by atoms with Crippen molar-refractivity contribution in [3.05, 3.63) is 83.7 Å². The number of halogens is 1. The van der Waals surface area contributed by atoms with E-state index < -0.39 is 0 Å². The summed E-state index contributed by atoms with van der Waals surface area (Å²) in [5.41, 5.74) is 9.01. The molecular formula is C20H16FN3. The standard InChI is InChI=1S/C20H16FN3/c21-17-7-3-1-5-14(17)12-24-18-8-4-2-6-15(18)16-11-13(20(22)23)9-10-19(16)24/h1-11H,12H2,(H3,22,23). The summed E-state index contributed by atoms with van der Waals surface area (Å²) in [4.78, 5) is 0. The molecule has 4 aromatic rings. The summed E-state index contributed by atoms with van der Waals surface area (Å²) in [6.45, 7) is 0.454.